The molecule has 1 fully saturated rings. The number of nitrogens with zero attached hydrogens (tertiary/aromatic N) is 6. The fraction of sp³-hybridized carbons (Fsp3) is 0.385. The Morgan fingerprint density at radius 1 is 0.973 bits per heavy atom. The Bertz CT molecular complexity index is 1420. The monoisotopic (exact) mass is 536 g/mol. The summed E-state index contributed by atoms with van der Waals surface area (Å²) in [6.45, 7) is 6.61. The lowest BCUT2D eigenvalue weighted by Gasteiger charge is -2.34. The SMILES string of the molecule is Cc1ccc(C)c2sc(N3CCN(C(=O)c4ccc(S(=O)(=O)N(CCC#N)CCC#N)cc4)CC3)nc12. The number of sulfonamides is 1. The van der Waals surface area contributed by atoms with Crippen LogP contribution < -0.4 is 4.90 Å². The number of hydrogen-bond acceptors (Lipinski definition) is 8. The van der Waals surface area contributed by atoms with Crippen molar-refractivity contribution in [3.63, 3.8) is 0 Å². The minimum absolute atomic E-state index is 0.0132. The topological polar surface area (TPSA) is 121 Å². The molecular formula is C26H28N6O3S2. The molecule has 37 heavy (non-hydrogen) atoms. The van der Waals surface area contributed by atoms with Gasteiger partial charge in [0.25, 0.3) is 5.91 Å². The molecule has 0 saturated carbocycles. The maximum atomic E-state index is 13.1. The standard InChI is InChI=1S/C26H28N6O3S2/c1-19-5-6-20(2)24-23(19)29-26(36-24)31-17-15-30(16-18-31)25(33)21-7-9-22(10-8-21)37(34,35)32(13-3-11-27)14-4-12-28/h5-10H,3-4,13-18H2,1-2H3. The molecular weight excluding hydrogens is 508 g/mol. The third kappa shape index (κ3) is 5.59. The first-order valence-electron chi connectivity index (χ1n) is 12.0. The number of benzene rings is 2. The fourth-order valence-corrected chi connectivity index (χ4v) is 6.89. The number of carbonyl (C=O) groups is 1. The number of nitriles is 2. The van der Waals surface area contributed by atoms with Crippen LogP contribution >= 0.6 is 11.3 Å². The predicted octanol–water partition coefficient (Wildman–Crippen LogP) is 3.69. The predicted molar refractivity (Wildman–Crippen MR) is 143 cm³/mol. The molecule has 0 aliphatic carbocycles. The van der Waals surface area contributed by atoms with Gasteiger partial charge in [-0.1, -0.05) is 23.5 Å². The second kappa shape index (κ2) is 11.3. The Morgan fingerprint density at radius 3 is 2.14 bits per heavy atom. The van der Waals surface area contributed by atoms with Gasteiger partial charge in [-0.25, -0.2) is 13.4 Å². The summed E-state index contributed by atoms with van der Waals surface area (Å²) in [5.74, 6) is -0.148. The number of amides is 1. The molecule has 9 nitrogen and oxygen atoms in total. The van der Waals surface area contributed by atoms with Crippen LogP contribution in [-0.4, -0.2) is 67.8 Å². The van der Waals surface area contributed by atoms with Gasteiger partial charge in [-0.05, 0) is 49.2 Å². The van der Waals surface area contributed by atoms with Crippen LogP contribution in [0.2, 0.25) is 0 Å². The van der Waals surface area contributed by atoms with E-state index in [1.54, 1.807) is 16.2 Å². The zero-order valence-corrected chi connectivity index (χ0v) is 22.5. The van der Waals surface area contributed by atoms with E-state index in [2.05, 4.69) is 30.9 Å². The number of anilines is 1. The average molecular weight is 537 g/mol. The summed E-state index contributed by atoms with van der Waals surface area (Å²) in [6, 6.07) is 13.9. The highest BCUT2D eigenvalue weighted by molar-refractivity contribution is 7.89. The first-order valence-corrected chi connectivity index (χ1v) is 14.3. The Hall–Kier alpha value is -3.51. The highest BCUT2D eigenvalue weighted by Gasteiger charge is 2.27. The molecule has 2 aromatic carbocycles. The van der Waals surface area contributed by atoms with Crippen LogP contribution in [0.5, 0.6) is 0 Å². The molecule has 1 aliphatic heterocycles. The van der Waals surface area contributed by atoms with E-state index in [9.17, 15) is 13.2 Å². The lowest BCUT2D eigenvalue weighted by atomic mass is 10.1. The van der Waals surface area contributed by atoms with Crippen molar-refractivity contribution in [1.29, 1.82) is 10.5 Å². The van der Waals surface area contributed by atoms with Gasteiger partial charge in [0.05, 0.1) is 27.3 Å². The van der Waals surface area contributed by atoms with Crippen molar-refractivity contribution < 1.29 is 13.2 Å². The first-order chi connectivity index (χ1) is 17.8. The van der Waals surface area contributed by atoms with Gasteiger partial charge < -0.3 is 9.80 Å². The molecule has 2 heterocycles. The average Bonchev–Trinajstić information content (AvgIpc) is 3.38. The van der Waals surface area contributed by atoms with Crippen molar-refractivity contribution in [3.8, 4) is 12.1 Å². The summed E-state index contributed by atoms with van der Waals surface area (Å²) in [6.07, 6.45) is 0.0624. The lowest BCUT2D eigenvalue weighted by molar-refractivity contribution is 0.0746. The van der Waals surface area contributed by atoms with Gasteiger partial charge in [-0.3, -0.25) is 4.79 Å². The van der Waals surface area contributed by atoms with Crippen LogP contribution in [0.15, 0.2) is 41.3 Å². The van der Waals surface area contributed by atoms with Crippen molar-refractivity contribution in [2.24, 2.45) is 0 Å². The summed E-state index contributed by atoms with van der Waals surface area (Å²) < 4.78 is 28.3. The summed E-state index contributed by atoms with van der Waals surface area (Å²) in [5.41, 5.74) is 3.81. The van der Waals surface area contributed by atoms with Crippen molar-refractivity contribution in [2.75, 3.05) is 44.2 Å². The molecule has 0 N–H and O–H groups in total. The number of aromatic nitrogens is 1. The van der Waals surface area contributed by atoms with E-state index < -0.39 is 10.0 Å². The molecule has 4 rings (SSSR count). The number of aryl methyl sites for hydroxylation is 2. The van der Waals surface area contributed by atoms with Gasteiger partial charge in [0.15, 0.2) is 5.13 Å². The quantitative estimate of drug-likeness (QED) is 0.430. The molecule has 0 bridgehead atoms. The molecule has 0 spiro atoms. The van der Waals surface area contributed by atoms with Crippen LogP contribution in [0.1, 0.15) is 34.3 Å². The largest absolute Gasteiger partial charge is 0.345 e. The molecule has 1 aromatic heterocycles. The Labute approximate surface area is 221 Å². The van der Waals surface area contributed by atoms with Crippen molar-refractivity contribution >= 4 is 42.6 Å². The van der Waals surface area contributed by atoms with Gasteiger partial charge in [-0.15, -0.1) is 0 Å². The number of thiazole rings is 1. The third-order valence-corrected chi connectivity index (χ3v) is 9.62. The molecule has 0 atom stereocenters. The highest BCUT2D eigenvalue weighted by atomic mass is 32.2. The lowest BCUT2D eigenvalue weighted by Crippen LogP contribution is -2.48. The number of hydrogen-bond donors (Lipinski definition) is 0. The number of fused-ring (bicyclic) bond motifs is 1. The van der Waals surface area contributed by atoms with Crippen LogP contribution in [0.3, 0.4) is 0 Å². The number of piperazine rings is 1. The molecule has 1 aliphatic rings. The second-order valence-electron chi connectivity index (χ2n) is 8.90. The highest BCUT2D eigenvalue weighted by Crippen LogP contribution is 2.33. The third-order valence-electron chi connectivity index (χ3n) is 6.45. The van der Waals surface area contributed by atoms with Crippen molar-refractivity contribution in [1.82, 2.24) is 14.2 Å². The normalized spacial score (nSPS) is 14.1. The molecule has 1 amide bonds. The Kier molecular flexibility index (Phi) is 8.08. The Balaban J connectivity index is 1.42. The van der Waals surface area contributed by atoms with Crippen LogP contribution in [-0.2, 0) is 10.0 Å². The molecule has 0 unspecified atom stereocenters. The summed E-state index contributed by atoms with van der Waals surface area (Å²) in [5, 5.41) is 18.7. The summed E-state index contributed by atoms with van der Waals surface area (Å²) in [7, 11) is -3.87. The van der Waals surface area contributed by atoms with E-state index in [0.29, 0.717) is 31.7 Å². The van der Waals surface area contributed by atoms with E-state index in [0.717, 1.165) is 20.5 Å². The maximum Gasteiger partial charge on any atom is 0.253 e. The van der Waals surface area contributed by atoms with Crippen LogP contribution in [0, 0.1) is 36.5 Å². The van der Waals surface area contributed by atoms with Gasteiger partial charge in [-0.2, -0.15) is 14.8 Å². The van der Waals surface area contributed by atoms with Crippen molar-refractivity contribution in [3.05, 3.63) is 53.1 Å². The minimum Gasteiger partial charge on any atom is -0.345 e. The van der Waals surface area contributed by atoms with E-state index in [4.69, 9.17) is 15.5 Å². The van der Waals surface area contributed by atoms with E-state index in [1.807, 2.05) is 12.1 Å². The smallest absolute Gasteiger partial charge is 0.253 e. The van der Waals surface area contributed by atoms with E-state index >= 15 is 0 Å². The van der Waals surface area contributed by atoms with Gasteiger partial charge in [0.2, 0.25) is 10.0 Å². The summed E-state index contributed by atoms with van der Waals surface area (Å²) in [4.78, 5) is 22.0. The molecule has 11 heteroatoms. The van der Waals surface area contributed by atoms with E-state index in [-0.39, 0.29) is 36.7 Å². The van der Waals surface area contributed by atoms with Gasteiger partial charge in [0, 0.05) is 57.7 Å². The number of carbonyl (C=O) groups excluding carboxylic acids is 1. The number of rotatable bonds is 8. The summed E-state index contributed by atoms with van der Waals surface area (Å²) >= 11 is 1.68. The first kappa shape index (κ1) is 26.6. The van der Waals surface area contributed by atoms with Gasteiger partial charge in [0.1, 0.15) is 0 Å². The van der Waals surface area contributed by atoms with Gasteiger partial charge >= 0.3 is 0 Å². The molecule has 1 saturated heterocycles. The maximum absolute atomic E-state index is 13.1. The minimum atomic E-state index is -3.87. The van der Waals surface area contributed by atoms with Crippen LogP contribution in [0.25, 0.3) is 10.2 Å². The second-order valence-corrected chi connectivity index (χ2v) is 11.8. The zero-order chi connectivity index (χ0) is 26.6. The van der Waals surface area contributed by atoms with Crippen molar-refractivity contribution in [2.45, 2.75) is 31.6 Å². The van der Waals surface area contributed by atoms with E-state index in [1.165, 1.54) is 34.5 Å². The Morgan fingerprint density at radius 2 is 1.57 bits per heavy atom. The van der Waals surface area contributed by atoms with Crippen LogP contribution in [0.4, 0.5) is 5.13 Å². The molecule has 3 aromatic rings. The zero-order valence-electron chi connectivity index (χ0n) is 20.8. The fourth-order valence-electron chi connectivity index (χ4n) is 4.29. The molecule has 0 radical (unpaired) electrons. The molecule has 192 valence electrons.